The highest BCUT2D eigenvalue weighted by Gasteiger charge is 2.12. The molecular formula is C15H15Br2FN2S. The normalized spacial score (nSPS) is 12.4. The van der Waals surface area contributed by atoms with Crippen molar-refractivity contribution >= 4 is 43.6 Å². The minimum absolute atomic E-state index is 0.00205. The van der Waals surface area contributed by atoms with E-state index in [0.29, 0.717) is 12.0 Å². The number of rotatable bonds is 6. The van der Waals surface area contributed by atoms with Crippen LogP contribution in [0.5, 0.6) is 0 Å². The predicted octanol–water partition coefficient (Wildman–Crippen LogP) is 4.52. The van der Waals surface area contributed by atoms with Gasteiger partial charge in [-0.2, -0.15) is 0 Å². The largest absolute Gasteiger partial charge is 0.271 e. The average molecular weight is 434 g/mol. The maximum Gasteiger partial charge on any atom is 0.126 e. The number of halogens is 3. The van der Waals surface area contributed by atoms with Crippen LogP contribution in [0.4, 0.5) is 4.39 Å². The Kier molecular flexibility index (Phi) is 6.70. The number of nitrogens with two attached hydrogens (primary N) is 1. The lowest BCUT2D eigenvalue weighted by molar-refractivity contribution is 0.546. The third-order valence-electron chi connectivity index (χ3n) is 2.96. The molecule has 1 unspecified atom stereocenters. The van der Waals surface area contributed by atoms with Crippen LogP contribution in [0, 0.1) is 5.82 Å². The van der Waals surface area contributed by atoms with E-state index >= 15 is 0 Å². The molecule has 3 N–H and O–H groups in total. The molecule has 0 aliphatic heterocycles. The van der Waals surface area contributed by atoms with Crippen LogP contribution in [0.1, 0.15) is 5.56 Å². The lowest BCUT2D eigenvalue weighted by Gasteiger charge is -2.16. The molecule has 2 rings (SSSR count). The van der Waals surface area contributed by atoms with Gasteiger partial charge in [-0.15, -0.1) is 11.8 Å². The second kappa shape index (κ2) is 8.29. The zero-order chi connectivity index (χ0) is 15.2. The molecule has 21 heavy (non-hydrogen) atoms. The Morgan fingerprint density at radius 1 is 1.14 bits per heavy atom. The van der Waals surface area contributed by atoms with Gasteiger partial charge < -0.3 is 0 Å². The number of hydrogen-bond acceptors (Lipinski definition) is 3. The molecule has 0 bridgehead atoms. The third-order valence-corrected chi connectivity index (χ3v) is 5.10. The first kappa shape index (κ1) is 17.0. The minimum Gasteiger partial charge on any atom is -0.271 e. The van der Waals surface area contributed by atoms with Crippen molar-refractivity contribution in [3.05, 3.63) is 62.8 Å². The molecule has 1 atom stereocenters. The standard InChI is InChI=1S/C15H15Br2FN2S/c16-11-2-1-3-14(8-11)21-9-13(20-19)7-10-6-12(17)4-5-15(10)18/h1-6,8,13,20H,7,9,19H2. The van der Waals surface area contributed by atoms with Crippen molar-refractivity contribution in [2.45, 2.75) is 17.4 Å². The van der Waals surface area contributed by atoms with E-state index in [-0.39, 0.29) is 11.9 Å². The maximum atomic E-state index is 13.8. The molecular weight excluding hydrogens is 419 g/mol. The fourth-order valence-electron chi connectivity index (χ4n) is 1.88. The predicted molar refractivity (Wildman–Crippen MR) is 93.8 cm³/mol. The minimum atomic E-state index is -0.203. The molecule has 2 aromatic rings. The fourth-order valence-corrected chi connectivity index (χ4v) is 3.84. The summed E-state index contributed by atoms with van der Waals surface area (Å²) in [4.78, 5) is 1.15. The van der Waals surface area contributed by atoms with Crippen LogP contribution in [-0.4, -0.2) is 11.8 Å². The van der Waals surface area contributed by atoms with Gasteiger partial charge in [-0.3, -0.25) is 11.3 Å². The van der Waals surface area contributed by atoms with Crippen LogP contribution in [0.15, 0.2) is 56.3 Å². The highest BCUT2D eigenvalue weighted by molar-refractivity contribution is 9.10. The van der Waals surface area contributed by atoms with E-state index in [1.165, 1.54) is 6.07 Å². The molecule has 6 heteroatoms. The molecule has 0 aliphatic carbocycles. The van der Waals surface area contributed by atoms with Gasteiger partial charge >= 0.3 is 0 Å². The van der Waals surface area contributed by atoms with Gasteiger partial charge in [0.1, 0.15) is 5.82 Å². The third kappa shape index (κ3) is 5.38. The summed E-state index contributed by atoms with van der Waals surface area (Å²) in [5.74, 6) is 6.16. The SMILES string of the molecule is NNC(CSc1cccc(Br)c1)Cc1cc(Br)ccc1F. The highest BCUT2D eigenvalue weighted by Crippen LogP contribution is 2.24. The first-order valence-corrected chi connectivity index (χ1v) is 8.94. The van der Waals surface area contributed by atoms with Crippen molar-refractivity contribution in [3.63, 3.8) is 0 Å². The molecule has 112 valence electrons. The van der Waals surface area contributed by atoms with Gasteiger partial charge in [-0.1, -0.05) is 37.9 Å². The lowest BCUT2D eigenvalue weighted by Crippen LogP contribution is -2.38. The Balaban J connectivity index is 1.98. The number of hydrogen-bond donors (Lipinski definition) is 2. The smallest absolute Gasteiger partial charge is 0.126 e. The van der Waals surface area contributed by atoms with Gasteiger partial charge in [-0.25, -0.2) is 4.39 Å². The van der Waals surface area contributed by atoms with E-state index in [2.05, 4.69) is 43.4 Å². The first-order chi connectivity index (χ1) is 10.1. The molecule has 0 heterocycles. The van der Waals surface area contributed by atoms with Crippen molar-refractivity contribution in [3.8, 4) is 0 Å². The van der Waals surface area contributed by atoms with Crippen molar-refractivity contribution in [2.75, 3.05) is 5.75 Å². The van der Waals surface area contributed by atoms with Crippen LogP contribution >= 0.6 is 43.6 Å². The summed E-state index contributed by atoms with van der Waals surface area (Å²) in [5, 5.41) is 0. The van der Waals surface area contributed by atoms with E-state index < -0.39 is 0 Å². The van der Waals surface area contributed by atoms with Gasteiger partial charge in [0.25, 0.3) is 0 Å². The average Bonchev–Trinajstić information content (AvgIpc) is 2.47. The Bertz CT molecular complexity index is 610. The van der Waals surface area contributed by atoms with Gasteiger partial charge in [0.15, 0.2) is 0 Å². The molecule has 2 nitrogen and oxygen atoms in total. The molecule has 0 saturated carbocycles. The van der Waals surface area contributed by atoms with E-state index in [1.54, 1.807) is 23.9 Å². The van der Waals surface area contributed by atoms with Crippen molar-refractivity contribution in [2.24, 2.45) is 5.84 Å². The zero-order valence-electron chi connectivity index (χ0n) is 11.2. The summed E-state index contributed by atoms with van der Waals surface area (Å²) in [5.41, 5.74) is 3.42. The maximum absolute atomic E-state index is 13.8. The number of thioether (sulfide) groups is 1. The van der Waals surface area contributed by atoms with Crippen molar-refractivity contribution in [1.82, 2.24) is 5.43 Å². The van der Waals surface area contributed by atoms with Crippen LogP contribution < -0.4 is 11.3 Å². The molecule has 0 amide bonds. The number of benzene rings is 2. The summed E-state index contributed by atoms with van der Waals surface area (Å²) in [6, 6.07) is 13.0. The molecule has 0 aliphatic rings. The first-order valence-electron chi connectivity index (χ1n) is 6.37. The summed E-state index contributed by atoms with van der Waals surface area (Å²) < 4.78 is 15.7. The van der Waals surface area contributed by atoms with Crippen LogP contribution in [0.2, 0.25) is 0 Å². The Labute approximate surface area is 144 Å². The molecule has 0 spiro atoms. The fraction of sp³-hybridized carbons (Fsp3) is 0.200. The highest BCUT2D eigenvalue weighted by atomic mass is 79.9. The summed E-state index contributed by atoms with van der Waals surface area (Å²) in [6.07, 6.45) is 0.544. The monoisotopic (exact) mass is 432 g/mol. The van der Waals surface area contributed by atoms with Crippen molar-refractivity contribution < 1.29 is 4.39 Å². The number of hydrazine groups is 1. The summed E-state index contributed by atoms with van der Waals surface area (Å²) in [6.45, 7) is 0. The second-order valence-corrected chi connectivity index (χ2v) is 7.50. The molecule has 2 aromatic carbocycles. The molecule has 0 fully saturated rings. The molecule has 0 aromatic heterocycles. The lowest BCUT2D eigenvalue weighted by atomic mass is 10.1. The zero-order valence-corrected chi connectivity index (χ0v) is 15.1. The summed E-state index contributed by atoms with van der Waals surface area (Å²) >= 11 is 8.50. The van der Waals surface area contributed by atoms with E-state index in [0.717, 1.165) is 19.6 Å². The topological polar surface area (TPSA) is 38.0 Å². The van der Waals surface area contributed by atoms with E-state index in [1.807, 2.05) is 18.2 Å². The van der Waals surface area contributed by atoms with Crippen LogP contribution in [0.25, 0.3) is 0 Å². The molecule has 0 radical (unpaired) electrons. The Morgan fingerprint density at radius 3 is 2.62 bits per heavy atom. The van der Waals surface area contributed by atoms with Crippen molar-refractivity contribution in [1.29, 1.82) is 0 Å². The van der Waals surface area contributed by atoms with E-state index in [4.69, 9.17) is 5.84 Å². The Morgan fingerprint density at radius 2 is 1.90 bits per heavy atom. The Hall–Kier alpha value is -0.400. The second-order valence-electron chi connectivity index (χ2n) is 4.57. The van der Waals surface area contributed by atoms with Gasteiger partial charge in [0.2, 0.25) is 0 Å². The quantitative estimate of drug-likeness (QED) is 0.399. The molecule has 0 saturated heterocycles. The van der Waals surface area contributed by atoms with Crippen LogP contribution in [-0.2, 0) is 6.42 Å². The van der Waals surface area contributed by atoms with Gasteiger partial charge in [-0.05, 0) is 48.4 Å². The number of nitrogens with one attached hydrogen (secondary N) is 1. The van der Waals surface area contributed by atoms with Crippen LogP contribution in [0.3, 0.4) is 0 Å². The van der Waals surface area contributed by atoms with Gasteiger partial charge in [0.05, 0.1) is 0 Å². The van der Waals surface area contributed by atoms with E-state index in [9.17, 15) is 4.39 Å². The summed E-state index contributed by atoms with van der Waals surface area (Å²) in [7, 11) is 0. The van der Waals surface area contributed by atoms with Gasteiger partial charge in [0, 0.05) is 25.6 Å².